The van der Waals surface area contributed by atoms with Gasteiger partial charge in [0.15, 0.2) is 0 Å². The van der Waals surface area contributed by atoms with E-state index >= 15 is 0 Å². The molecule has 5 rings (SSSR count). The molecule has 1 aliphatic heterocycles. The van der Waals surface area contributed by atoms with E-state index in [1.165, 1.54) is 0 Å². The molecule has 0 bridgehead atoms. The van der Waals surface area contributed by atoms with Gasteiger partial charge in [-0.25, -0.2) is 4.98 Å². The Morgan fingerprint density at radius 3 is 2.77 bits per heavy atom. The third kappa shape index (κ3) is 3.74. The molecule has 1 saturated heterocycles. The molecule has 3 heterocycles. The van der Waals surface area contributed by atoms with Gasteiger partial charge in [-0.3, -0.25) is 4.79 Å². The number of morpholine rings is 1. The largest absolute Gasteiger partial charge is 0.464 e. The molecule has 1 fully saturated rings. The minimum absolute atomic E-state index is 0.0390. The van der Waals surface area contributed by atoms with Crippen molar-refractivity contribution >= 4 is 33.5 Å². The van der Waals surface area contributed by atoms with Crippen LogP contribution in [-0.4, -0.2) is 37.2 Å². The molecule has 0 atom stereocenters. The number of hydrogen-bond donors (Lipinski definition) is 1. The van der Waals surface area contributed by atoms with Crippen LogP contribution in [0.15, 0.2) is 65.4 Å². The monoisotopic (exact) mass is 401 g/mol. The van der Waals surface area contributed by atoms with Gasteiger partial charge in [-0.1, -0.05) is 36.4 Å². The van der Waals surface area contributed by atoms with Crippen LogP contribution >= 0.6 is 0 Å². The summed E-state index contributed by atoms with van der Waals surface area (Å²) in [6.07, 6.45) is 3.79. The van der Waals surface area contributed by atoms with E-state index in [9.17, 15) is 4.79 Å². The van der Waals surface area contributed by atoms with Crippen LogP contribution in [-0.2, 0) is 22.5 Å². The van der Waals surface area contributed by atoms with Gasteiger partial charge in [-0.15, -0.1) is 0 Å². The standard InChI is InChI=1S/C24H23N3O3/c28-23(26-15-17-5-8-22(25-14-17)27-9-11-29-12-10-27)13-19-16-30-21-7-6-18-3-1-2-4-20(18)24(19)21/h1-8,14,16H,9-13,15H2,(H,26,28). The zero-order valence-electron chi connectivity index (χ0n) is 16.6. The molecule has 0 radical (unpaired) electrons. The quantitative estimate of drug-likeness (QED) is 0.553. The molecule has 0 spiro atoms. The zero-order valence-corrected chi connectivity index (χ0v) is 16.6. The highest BCUT2D eigenvalue weighted by molar-refractivity contribution is 6.08. The maximum Gasteiger partial charge on any atom is 0.224 e. The van der Waals surface area contributed by atoms with Crippen LogP contribution in [0.25, 0.3) is 21.7 Å². The predicted molar refractivity (Wildman–Crippen MR) is 117 cm³/mol. The number of ether oxygens (including phenoxy) is 1. The highest BCUT2D eigenvalue weighted by Crippen LogP contribution is 2.30. The van der Waals surface area contributed by atoms with E-state index in [0.717, 1.165) is 65.0 Å². The van der Waals surface area contributed by atoms with Crippen LogP contribution in [0.1, 0.15) is 11.1 Å². The maximum absolute atomic E-state index is 12.6. The van der Waals surface area contributed by atoms with Gasteiger partial charge >= 0.3 is 0 Å². The second kappa shape index (κ2) is 8.16. The van der Waals surface area contributed by atoms with Gasteiger partial charge in [0.25, 0.3) is 0 Å². The van der Waals surface area contributed by atoms with Crippen molar-refractivity contribution in [2.45, 2.75) is 13.0 Å². The summed E-state index contributed by atoms with van der Waals surface area (Å²) in [6, 6.07) is 16.2. The fourth-order valence-corrected chi connectivity index (χ4v) is 3.94. The molecule has 0 saturated carbocycles. The number of hydrogen-bond acceptors (Lipinski definition) is 5. The third-order valence-corrected chi connectivity index (χ3v) is 5.52. The lowest BCUT2D eigenvalue weighted by Gasteiger charge is -2.27. The van der Waals surface area contributed by atoms with Gasteiger partial charge in [0.1, 0.15) is 11.4 Å². The zero-order chi connectivity index (χ0) is 20.3. The molecule has 1 N–H and O–H groups in total. The molecule has 1 aliphatic rings. The van der Waals surface area contributed by atoms with Crippen LogP contribution in [0.3, 0.4) is 0 Å². The fourth-order valence-electron chi connectivity index (χ4n) is 3.94. The summed E-state index contributed by atoms with van der Waals surface area (Å²) in [5, 5.41) is 6.25. The van der Waals surface area contributed by atoms with Crippen LogP contribution in [0.5, 0.6) is 0 Å². The molecular weight excluding hydrogens is 378 g/mol. The van der Waals surface area contributed by atoms with Crippen molar-refractivity contribution in [3.63, 3.8) is 0 Å². The third-order valence-electron chi connectivity index (χ3n) is 5.52. The number of nitrogens with one attached hydrogen (secondary N) is 1. The first kappa shape index (κ1) is 18.6. The molecular formula is C24H23N3O3. The van der Waals surface area contributed by atoms with Crippen LogP contribution in [0, 0.1) is 0 Å². The number of aromatic nitrogens is 1. The number of benzene rings is 2. The van der Waals surface area contributed by atoms with Crippen molar-refractivity contribution in [2.24, 2.45) is 0 Å². The second-order valence-electron chi connectivity index (χ2n) is 7.50. The normalized spacial score (nSPS) is 14.3. The van der Waals surface area contributed by atoms with Crippen LogP contribution in [0.4, 0.5) is 5.82 Å². The molecule has 1 amide bonds. The average molecular weight is 401 g/mol. The first-order chi connectivity index (χ1) is 14.8. The van der Waals surface area contributed by atoms with E-state index in [1.807, 2.05) is 42.6 Å². The minimum atomic E-state index is -0.0390. The van der Waals surface area contributed by atoms with E-state index in [0.29, 0.717) is 6.54 Å². The summed E-state index contributed by atoms with van der Waals surface area (Å²) < 4.78 is 11.1. The van der Waals surface area contributed by atoms with Crippen molar-refractivity contribution in [1.29, 1.82) is 0 Å². The van der Waals surface area contributed by atoms with Crippen molar-refractivity contribution in [3.05, 3.63) is 72.1 Å². The number of rotatable bonds is 5. The van der Waals surface area contributed by atoms with E-state index in [-0.39, 0.29) is 12.3 Å². The number of anilines is 1. The Labute approximate surface area is 174 Å². The van der Waals surface area contributed by atoms with Gasteiger partial charge in [-0.05, 0) is 28.5 Å². The lowest BCUT2D eigenvalue weighted by atomic mass is 10.0. The Morgan fingerprint density at radius 1 is 1.07 bits per heavy atom. The second-order valence-corrected chi connectivity index (χ2v) is 7.50. The van der Waals surface area contributed by atoms with Crippen molar-refractivity contribution in [2.75, 3.05) is 31.2 Å². The van der Waals surface area contributed by atoms with Crippen molar-refractivity contribution in [1.82, 2.24) is 10.3 Å². The van der Waals surface area contributed by atoms with E-state index in [1.54, 1.807) is 6.26 Å². The fraction of sp³-hybridized carbons (Fsp3) is 0.250. The average Bonchev–Trinajstić information content (AvgIpc) is 3.22. The number of pyridine rings is 1. The molecule has 6 nitrogen and oxygen atoms in total. The van der Waals surface area contributed by atoms with Gasteiger partial charge in [0.2, 0.25) is 5.91 Å². The van der Waals surface area contributed by atoms with E-state index in [2.05, 4.69) is 27.3 Å². The first-order valence-corrected chi connectivity index (χ1v) is 10.2. The molecule has 0 aliphatic carbocycles. The number of amides is 1. The summed E-state index contributed by atoms with van der Waals surface area (Å²) in [5.74, 6) is 0.910. The van der Waals surface area contributed by atoms with Crippen LogP contribution in [0.2, 0.25) is 0 Å². The molecule has 152 valence electrons. The summed E-state index contributed by atoms with van der Waals surface area (Å²) in [6.45, 7) is 3.63. The number of furan rings is 1. The van der Waals surface area contributed by atoms with Gasteiger partial charge < -0.3 is 19.4 Å². The first-order valence-electron chi connectivity index (χ1n) is 10.2. The summed E-state index contributed by atoms with van der Waals surface area (Å²) in [5.41, 5.74) is 2.68. The molecule has 2 aromatic carbocycles. The van der Waals surface area contributed by atoms with Gasteiger partial charge in [0, 0.05) is 36.8 Å². The molecule has 2 aromatic heterocycles. The Balaban J connectivity index is 1.25. The molecule has 30 heavy (non-hydrogen) atoms. The lowest BCUT2D eigenvalue weighted by Crippen LogP contribution is -2.36. The predicted octanol–water partition coefficient (Wildman–Crippen LogP) is 3.68. The molecule has 4 aromatic rings. The Kier molecular flexibility index (Phi) is 5.07. The number of carbonyl (C=O) groups excluding carboxylic acids is 1. The van der Waals surface area contributed by atoms with E-state index in [4.69, 9.17) is 9.15 Å². The molecule has 0 unspecified atom stereocenters. The lowest BCUT2D eigenvalue weighted by molar-refractivity contribution is -0.120. The Bertz CT molecular complexity index is 1180. The SMILES string of the molecule is O=C(Cc1coc2ccc3ccccc3c12)NCc1ccc(N2CCOCC2)nc1. The van der Waals surface area contributed by atoms with E-state index < -0.39 is 0 Å². The smallest absolute Gasteiger partial charge is 0.224 e. The topological polar surface area (TPSA) is 67.6 Å². The highest BCUT2D eigenvalue weighted by atomic mass is 16.5. The summed E-state index contributed by atoms with van der Waals surface area (Å²) in [7, 11) is 0. The minimum Gasteiger partial charge on any atom is -0.464 e. The van der Waals surface area contributed by atoms with Crippen molar-refractivity contribution in [3.8, 4) is 0 Å². The number of fused-ring (bicyclic) bond motifs is 3. The Morgan fingerprint density at radius 2 is 1.93 bits per heavy atom. The highest BCUT2D eigenvalue weighted by Gasteiger charge is 2.14. The van der Waals surface area contributed by atoms with Crippen LogP contribution < -0.4 is 10.2 Å². The summed E-state index contributed by atoms with van der Waals surface area (Å²) in [4.78, 5) is 19.3. The van der Waals surface area contributed by atoms with Crippen molar-refractivity contribution < 1.29 is 13.9 Å². The Hall–Kier alpha value is -3.38. The maximum atomic E-state index is 12.6. The summed E-state index contributed by atoms with van der Waals surface area (Å²) >= 11 is 0. The van der Waals surface area contributed by atoms with Gasteiger partial charge in [0.05, 0.1) is 25.9 Å². The number of nitrogens with zero attached hydrogens (tertiary/aromatic N) is 2. The molecule has 6 heteroatoms. The van der Waals surface area contributed by atoms with Gasteiger partial charge in [-0.2, -0.15) is 0 Å². The number of carbonyl (C=O) groups is 1.